The molecule has 0 aliphatic heterocycles. The second kappa shape index (κ2) is 3.53. The maximum atomic E-state index is 11.3. The van der Waals surface area contributed by atoms with Gasteiger partial charge in [-0.3, -0.25) is 9.59 Å². The van der Waals surface area contributed by atoms with Crippen LogP contribution in [0.5, 0.6) is 0 Å². The number of hydrogen-bond acceptors (Lipinski definition) is 4. The highest BCUT2D eigenvalue weighted by Crippen LogP contribution is 2.20. The van der Waals surface area contributed by atoms with E-state index in [0.29, 0.717) is 0 Å². The molecule has 4 nitrogen and oxygen atoms in total. The Bertz CT molecular complexity index is 290. The fourth-order valence-corrected chi connectivity index (χ4v) is 1.03. The fourth-order valence-electron chi connectivity index (χ4n) is 1.03. The van der Waals surface area contributed by atoms with Gasteiger partial charge in [-0.15, -0.1) is 0 Å². The molecule has 0 N–H and O–H groups in total. The van der Waals surface area contributed by atoms with Crippen LogP contribution in [0.1, 0.15) is 6.92 Å². The van der Waals surface area contributed by atoms with E-state index in [1.807, 2.05) is 0 Å². The van der Waals surface area contributed by atoms with E-state index in [1.165, 1.54) is 26.2 Å². The minimum Gasteiger partial charge on any atom is -0.421 e. The van der Waals surface area contributed by atoms with Gasteiger partial charge in [-0.1, -0.05) is 12.2 Å². The van der Waals surface area contributed by atoms with Crippen molar-refractivity contribution in [2.45, 2.75) is 12.7 Å². The molecule has 1 aliphatic carbocycles. The molecule has 1 rings (SSSR count). The number of carbonyl (C=O) groups is 2. The van der Waals surface area contributed by atoms with E-state index in [-0.39, 0.29) is 0 Å². The zero-order valence-corrected chi connectivity index (χ0v) is 7.44. The van der Waals surface area contributed by atoms with Gasteiger partial charge in [-0.25, -0.2) is 0 Å². The van der Waals surface area contributed by atoms with E-state index in [9.17, 15) is 9.59 Å². The van der Waals surface area contributed by atoms with Crippen molar-refractivity contribution >= 4 is 11.8 Å². The summed E-state index contributed by atoms with van der Waals surface area (Å²) in [6.45, 7) is 1.22. The third kappa shape index (κ3) is 1.84. The van der Waals surface area contributed by atoms with Crippen LogP contribution in [0.25, 0.3) is 0 Å². The minimum atomic E-state index is -1.55. The summed E-state index contributed by atoms with van der Waals surface area (Å²) in [4.78, 5) is 22.1. The Kier molecular flexibility index (Phi) is 2.63. The van der Waals surface area contributed by atoms with E-state index >= 15 is 0 Å². The van der Waals surface area contributed by atoms with Crippen LogP contribution in [0.2, 0.25) is 0 Å². The number of methoxy groups -OCH3 is 1. The second-order valence-corrected chi connectivity index (χ2v) is 2.55. The zero-order chi connectivity index (χ0) is 9.90. The molecule has 4 heteroatoms. The van der Waals surface area contributed by atoms with Gasteiger partial charge in [0.1, 0.15) is 0 Å². The molecule has 0 aromatic carbocycles. The van der Waals surface area contributed by atoms with Crippen LogP contribution in [0, 0.1) is 0 Å². The highest BCUT2D eigenvalue weighted by molar-refractivity contribution is 6.00. The van der Waals surface area contributed by atoms with E-state index < -0.39 is 17.5 Å². The highest BCUT2D eigenvalue weighted by atomic mass is 16.7. The number of allylic oxidation sites excluding steroid dienone is 2. The topological polar surface area (TPSA) is 52.6 Å². The molecule has 70 valence electrons. The van der Waals surface area contributed by atoms with Crippen molar-refractivity contribution in [2.75, 3.05) is 7.11 Å². The number of ether oxygens (including phenoxy) is 2. The SMILES string of the molecule is COC1(OC(C)=O)C=CC=CC1=O. The first-order chi connectivity index (χ1) is 6.10. The third-order valence-electron chi connectivity index (χ3n) is 1.62. The van der Waals surface area contributed by atoms with Gasteiger partial charge < -0.3 is 9.47 Å². The van der Waals surface area contributed by atoms with Crippen molar-refractivity contribution in [3.63, 3.8) is 0 Å². The van der Waals surface area contributed by atoms with Gasteiger partial charge in [0, 0.05) is 14.0 Å². The number of rotatable bonds is 2. The fraction of sp³-hybridized carbons (Fsp3) is 0.333. The number of hydrogen-bond donors (Lipinski definition) is 0. The summed E-state index contributed by atoms with van der Waals surface area (Å²) in [5.74, 6) is -2.51. The zero-order valence-electron chi connectivity index (χ0n) is 7.44. The molecule has 1 unspecified atom stereocenters. The molecule has 0 bridgehead atoms. The van der Waals surface area contributed by atoms with Gasteiger partial charge in [0.2, 0.25) is 5.78 Å². The quantitative estimate of drug-likeness (QED) is 0.463. The van der Waals surface area contributed by atoms with Crippen molar-refractivity contribution in [1.29, 1.82) is 0 Å². The first kappa shape index (κ1) is 9.67. The first-order valence-electron chi connectivity index (χ1n) is 3.76. The Hall–Kier alpha value is -1.42. The molecule has 0 saturated heterocycles. The van der Waals surface area contributed by atoms with Crippen molar-refractivity contribution in [1.82, 2.24) is 0 Å². The monoisotopic (exact) mass is 182 g/mol. The summed E-state index contributed by atoms with van der Waals surface area (Å²) in [6.07, 6.45) is 5.85. The normalized spacial score (nSPS) is 26.2. The van der Waals surface area contributed by atoms with Crippen molar-refractivity contribution in [2.24, 2.45) is 0 Å². The Balaban J connectivity index is 2.92. The first-order valence-corrected chi connectivity index (χ1v) is 3.76. The summed E-state index contributed by atoms with van der Waals surface area (Å²) in [6, 6.07) is 0. The van der Waals surface area contributed by atoms with Gasteiger partial charge >= 0.3 is 5.97 Å². The van der Waals surface area contributed by atoms with Gasteiger partial charge in [0.05, 0.1) is 0 Å². The summed E-state index contributed by atoms with van der Waals surface area (Å²) in [5.41, 5.74) is 0. The standard InChI is InChI=1S/C9H10O4/c1-7(10)13-9(12-2)6-4-3-5-8(9)11/h3-6H,1-2H3. The number of ketones is 1. The number of carbonyl (C=O) groups excluding carboxylic acids is 2. The lowest BCUT2D eigenvalue weighted by Crippen LogP contribution is -2.43. The average Bonchev–Trinajstić information content (AvgIpc) is 2.08. The molecule has 13 heavy (non-hydrogen) atoms. The van der Waals surface area contributed by atoms with Crippen LogP contribution in [0.15, 0.2) is 24.3 Å². The largest absolute Gasteiger partial charge is 0.421 e. The Labute approximate surface area is 75.8 Å². The summed E-state index contributed by atoms with van der Waals surface area (Å²) in [5, 5.41) is 0. The summed E-state index contributed by atoms with van der Waals surface area (Å²) < 4.78 is 9.66. The third-order valence-corrected chi connectivity index (χ3v) is 1.62. The van der Waals surface area contributed by atoms with Crippen molar-refractivity contribution in [3.8, 4) is 0 Å². The van der Waals surface area contributed by atoms with Gasteiger partial charge in [-0.2, -0.15) is 0 Å². The molecule has 0 saturated carbocycles. The lowest BCUT2D eigenvalue weighted by Gasteiger charge is -2.26. The smallest absolute Gasteiger partial charge is 0.305 e. The molecule has 0 aromatic heterocycles. The molecule has 0 aromatic rings. The molecule has 0 heterocycles. The predicted octanol–water partition coefficient (Wildman–Crippen LogP) is 0.587. The summed E-state index contributed by atoms with van der Waals surface area (Å²) in [7, 11) is 1.31. The lowest BCUT2D eigenvalue weighted by atomic mass is 10.1. The molecule has 1 atom stereocenters. The molecule has 0 fully saturated rings. The Morgan fingerprint density at radius 3 is 2.62 bits per heavy atom. The van der Waals surface area contributed by atoms with E-state index in [4.69, 9.17) is 9.47 Å². The molecule has 0 radical (unpaired) electrons. The minimum absolute atomic E-state index is 0.396. The summed E-state index contributed by atoms with van der Waals surface area (Å²) >= 11 is 0. The molecule has 0 amide bonds. The van der Waals surface area contributed by atoms with Crippen LogP contribution in [0.3, 0.4) is 0 Å². The maximum Gasteiger partial charge on any atom is 0.305 e. The van der Waals surface area contributed by atoms with Crippen molar-refractivity contribution < 1.29 is 19.1 Å². The molecule has 0 spiro atoms. The van der Waals surface area contributed by atoms with Crippen LogP contribution >= 0.6 is 0 Å². The van der Waals surface area contributed by atoms with Crippen LogP contribution < -0.4 is 0 Å². The van der Waals surface area contributed by atoms with Crippen LogP contribution in [-0.2, 0) is 19.1 Å². The number of esters is 1. The molecular weight excluding hydrogens is 172 g/mol. The Morgan fingerprint density at radius 1 is 1.46 bits per heavy atom. The highest BCUT2D eigenvalue weighted by Gasteiger charge is 2.38. The molecule has 1 aliphatic rings. The Morgan fingerprint density at radius 2 is 2.15 bits per heavy atom. The predicted molar refractivity (Wildman–Crippen MR) is 44.8 cm³/mol. The van der Waals surface area contributed by atoms with Gasteiger partial charge in [-0.05, 0) is 12.2 Å². The van der Waals surface area contributed by atoms with Crippen molar-refractivity contribution in [3.05, 3.63) is 24.3 Å². The van der Waals surface area contributed by atoms with Crippen LogP contribution in [-0.4, -0.2) is 24.6 Å². The van der Waals surface area contributed by atoms with Gasteiger partial charge in [0.25, 0.3) is 5.79 Å². The van der Waals surface area contributed by atoms with Crippen LogP contribution in [0.4, 0.5) is 0 Å². The maximum absolute atomic E-state index is 11.3. The second-order valence-electron chi connectivity index (χ2n) is 2.55. The van der Waals surface area contributed by atoms with E-state index in [0.717, 1.165) is 0 Å². The lowest BCUT2D eigenvalue weighted by molar-refractivity contribution is -0.198. The average molecular weight is 182 g/mol. The van der Waals surface area contributed by atoms with E-state index in [1.54, 1.807) is 12.2 Å². The van der Waals surface area contributed by atoms with E-state index in [2.05, 4.69) is 0 Å². The van der Waals surface area contributed by atoms with Gasteiger partial charge in [0.15, 0.2) is 0 Å². The molecular formula is C9H10O4.